The summed E-state index contributed by atoms with van der Waals surface area (Å²) in [5, 5.41) is 0. The molecule has 0 bridgehead atoms. The van der Waals surface area contributed by atoms with Crippen LogP contribution in [0.2, 0.25) is 0 Å². The molecule has 0 saturated carbocycles. The first-order valence-corrected chi connectivity index (χ1v) is 4.71. The predicted octanol–water partition coefficient (Wildman–Crippen LogP) is 2.54. The van der Waals surface area contributed by atoms with Gasteiger partial charge in [0.15, 0.2) is 0 Å². The first-order chi connectivity index (χ1) is 6.14. The molecule has 1 heterocycles. The number of alkyl halides is 2. The van der Waals surface area contributed by atoms with Crippen LogP contribution >= 0.6 is 0 Å². The van der Waals surface area contributed by atoms with Crippen molar-refractivity contribution in [2.24, 2.45) is 0 Å². The molecule has 0 atom stereocenters. The molecule has 0 aliphatic carbocycles. The van der Waals surface area contributed by atoms with Gasteiger partial charge in [-0.1, -0.05) is 27.7 Å². The summed E-state index contributed by atoms with van der Waals surface area (Å²) in [7, 11) is 0. The van der Waals surface area contributed by atoms with Crippen LogP contribution in [0.3, 0.4) is 0 Å². The fraction of sp³-hybridized carbons (Fsp3) is 0.889. The van der Waals surface area contributed by atoms with Crippen molar-refractivity contribution in [2.75, 3.05) is 13.1 Å². The third-order valence-corrected chi connectivity index (χ3v) is 1.35. The number of likely N-dealkylation sites (tertiary alicyclic amines) is 1. The Kier molecular flexibility index (Phi) is 9.07. The maximum atomic E-state index is 12.2. The van der Waals surface area contributed by atoms with Crippen molar-refractivity contribution in [1.82, 2.24) is 4.90 Å². The highest BCUT2D eigenvalue weighted by Crippen LogP contribution is 2.25. The van der Waals surface area contributed by atoms with Gasteiger partial charge in [0.05, 0.1) is 6.54 Å². The van der Waals surface area contributed by atoms with E-state index in [1.807, 2.05) is 27.7 Å². The molecule has 13 heavy (non-hydrogen) atoms. The van der Waals surface area contributed by atoms with Crippen molar-refractivity contribution in [3.05, 3.63) is 0 Å². The molecular weight excluding hydrogens is 176 g/mol. The number of halogens is 2. The second-order valence-corrected chi connectivity index (χ2v) is 2.18. The third-order valence-electron chi connectivity index (χ3n) is 1.35. The van der Waals surface area contributed by atoms with Crippen LogP contribution < -0.4 is 0 Å². The van der Waals surface area contributed by atoms with E-state index in [4.69, 9.17) is 0 Å². The summed E-state index contributed by atoms with van der Waals surface area (Å²) >= 11 is 0. The molecule has 1 rings (SSSR count). The lowest BCUT2D eigenvalue weighted by molar-refractivity contribution is -0.118. The number of rotatable bonds is 1. The maximum Gasteiger partial charge on any atom is 0.267 e. The summed E-state index contributed by atoms with van der Waals surface area (Å²) in [6, 6.07) is 0. The molecule has 0 spiro atoms. The number of hydrogen-bond acceptors (Lipinski definition) is 1. The fourth-order valence-electron chi connectivity index (χ4n) is 0.852. The van der Waals surface area contributed by atoms with Gasteiger partial charge in [-0.2, -0.15) is 0 Å². The Hall–Kier alpha value is -0.670. The quantitative estimate of drug-likeness (QED) is 0.589. The second-order valence-electron chi connectivity index (χ2n) is 2.18. The summed E-state index contributed by atoms with van der Waals surface area (Å²) < 4.78 is 24.4. The van der Waals surface area contributed by atoms with Gasteiger partial charge >= 0.3 is 0 Å². The van der Waals surface area contributed by atoms with Crippen LogP contribution in [0.4, 0.5) is 8.78 Å². The van der Waals surface area contributed by atoms with E-state index >= 15 is 0 Å². The molecule has 0 aromatic rings. The fourth-order valence-corrected chi connectivity index (χ4v) is 0.852. The summed E-state index contributed by atoms with van der Waals surface area (Å²) in [5.74, 6) is -2.64. The topological polar surface area (TPSA) is 20.3 Å². The zero-order chi connectivity index (χ0) is 10.9. The number of amides is 1. The highest BCUT2D eigenvalue weighted by Gasteiger charge is 2.37. The first-order valence-electron chi connectivity index (χ1n) is 4.71. The van der Waals surface area contributed by atoms with Gasteiger partial charge in [0.2, 0.25) is 6.41 Å². The van der Waals surface area contributed by atoms with Crippen LogP contribution in [0.25, 0.3) is 0 Å². The smallest absolute Gasteiger partial charge is 0.267 e. The van der Waals surface area contributed by atoms with Crippen LogP contribution in [-0.2, 0) is 4.79 Å². The molecule has 1 saturated heterocycles. The van der Waals surface area contributed by atoms with Crippen LogP contribution in [0, 0.1) is 0 Å². The van der Waals surface area contributed by atoms with Gasteiger partial charge in [0, 0.05) is 13.0 Å². The normalized spacial score (nSPS) is 17.8. The van der Waals surface area contributed by atoms with Gasteiger partial charge in [-0.3, -0.25) is 4.79 Å². The van der Waals surface area contributed by atoms with E-state index in [0.717, 1.165) is 4.90 Å². The average Bonchev–Trinajstić information content (AvgIpc) is 2.52. The zero-order valence-corrected chi connectivity index (χ0v) is 8.81. The molecule has 0 radical (unpaired) electrons. The van der Waals surface area contributed by atoms with Crippen LogP contribution in [-0.4, -0.2) is 30.3 Å². The van der Waals surface area contributed by atoms with Crippen molar-refractivity contribution in [3.8, 4) is 0 Å². The highest BCUT2D eigenvalue weighted by molar-refractivity contribution is 5.47. The summed E-state index contributed by atoms with van der Waals surface area (Å²) in [6.45, 7) is 7.78. The molecule has 0 aromatic carbocycles. The van der Waals surface area contributed by atoms with Crippen LogP contribution in [0.5, 0.6) is 0 Å². The lowest BCUT2D eigenvalue weighted by atomic mass is 10.3. The Bertz CT molecular complexity index is 129. The summed E-state index contributed by atoms with van der Waals surface area (Å²) in [5.41, 5.74) is 0. The van der Waals surface area contributed by atoms with Gasteiger partial charge in [0.25, 0.3) is 5.92 Å². The van der Waals surface area contributed by atoms with Crippen molar-refractivity contribution in [2.45, 2.75) is 40.0 Å². The lowest BCUT2D eigenvalue weighted by Gasteiger charge is -2.07. The Morgan fingerprint density at radius 2 is 1.69 bits per heavy atom. The van der Waals surface area contributed by atoms with E-state index in [2.05, 4.69) is 0 Å². The van der Waals surface area contributed by atoms with Crippen molar-refractivity contribution in [3.63, 3.8) is 0 Å². The summed E-state index contributed by atoms with van der Waals surface area (Å²) in [6.07, 6.45) is 0.270. The highest BCUT2D eigenvalue weighted by atomic mass is 19.3. The molecule has 80 valence electrons. The zero-order valence-electron chi connectivity index (χ0n) is 8.81. The first kappa shape index (κ1) is 14.8. The van der Waals surface area contributed by atoms with Crippen LogP contribution in [0.1, 0.15) is 34.1 Å². The molecule has 1 amide bonds. The van der Waals surface area contributed by atoms with E-state index in [9.17, 15) is 13.6 Å². The molecule has 1 aliphatic rings. The largest absolute Gasteiger partial charge is 0.339 e. The molecule has 1 fully saturated rings. The average molecular weight is 195 g/mol. The van der Waals surface area contributed by atoms with Crippen molar-refractivity contribution in [1.29, 1.82) is 0 Å². The molecular formula is C9H19F2NO. The number of carbonyl (C=O) groups excluding carboxylic acids is 1. The van der Waals surface area contributed by atoms with Gasteiger partial charge in [-0.25, -0.2) is 8.78 Å². The predicted molar refractivity (Wildman–Crippen MR) is 49.9 cm³/mol. The van der Waals surface area contributed by atoms with Gasteiger partial charge in [0.1, 0.15) is 0 Å². The van der Waals surface area contributed by atoms with Gasteiger partial charge < -0.3 is 4.90 Å². The molecule has 0 unspecified atom stereocenters. The van der Waals surface area contributed by atoms with Gasteiger partial charge in [-0.05, 0) is 0 Å². The van der Waals surface area contributed by atoms with E-state index in [0.29, 0.717) is 6.41 Å². The number of hydrogen-bond donors (Lipinski definition) is 0. The maximum absolute atomic E-state index is 12.2. The van der Waals surface area contributed by atoms with Gasteiger partial charge in [-0.15, -0.1) is 0 Å². The Morgan fingerprint density at radius 1 is 1.23 bits per heavy atom. The van der Waals surface area contributed by atoms with E-state index in [1.54, 1.807) is 0 Å². The molecule has 1 aliphatic heterocycles. The monoisotopic (exact) mass is 195 g/mol. The minimum atomic E-state index is -2.64. The molecule has 0 aromatic heterocycles. The molecule has 0 N–H and O–H groups in total. The Morgan fingerprint density at radius 3 is 1.85 bits per heavy atom. The van der Waals surface area contributed by atoms with Crippen LogP contribution in [0.15, 0.2) is 0 Å². The third kappa shape index (κ3) is 6.49. The van der Waals surface area contributed by atoms with E-state index < -0.39 is 12.5 Å². The molecule has 4 heteroatoms. The number of nitrogens with zero attached hydrogens (tertiary/aromatic N) is 1. The Balaban J connectivity index is 0. The van der Waals surface area contributed by atoms with Crippen molar-refractivity contribution >= 4 is 6.41 Å². The number of carbonyl (C=O) groups is 1. The Labute approximate surface area is 78.9 Å². The van der Waals surface area contributed by atoms with Crippen molar-refractivity contribution < 1.29 is 13.6 Å². The van der Waals surface area contributed by atoms with E-state index in [1.165, 1.54) is 0 Å². The molecule has 2 nitrogen and oxygen atoms in total. The lowest BCUT2D eigenvalue weighted by Crippen LogP contribution is -2.23. The minimum absolute atomic E-state index is 0.189. The SMILES string of the molecule is CC.CC.O=CN1CCC(F)(F)C1. The standard InChI is InChI=1S/C5H7F2NO.2C2H6/c6-5(7)1-2-8(3-5)4-9;2*1-2/h4H,1-3H2;2*1-2H3. The minimum Gasteiger partial charge on any atom is -0.339 e. The van der Waals surface area contributed by atoms with E-state index in [-0.39, 0.29) is 13.0 Å². The summed E-state index contributed by atoms with van der Waals surface area (Å²) in [4.78, 5) is 11.0. The second kappa shape index (κ2) is 7.95.